The van der Waals surface area contributed by atoms with Gasteiger partial charge in [0.05, 0.1) is 0 Å². The van der Waals surface area contributed by atoms with Crippen molar-refractivity contribution in [3.8, 4) is 11.5 Å². The Kier molecular flexibility index (Phi) is 5.45. The number of aliphatic hydroxyl groups excluding tert-OH is 1. The van der Waals surface area contributed by atoms with Crippen molar-refractivity contribution in [2.24, 2.45) is 5.73 Å². The van der Waals surface area contributed by atoms with E-state index in [0.29, 0.717) is 13.3 Å². The molecule has 4 N–H and O–H groups in total. The maximum Gasteiger partial charge on any atom is 0.231 e. The molecule has 1 aliphatic rings. The van der Waals surface area contributed by atoms with Crippen LogP contribution in [0.15, 0.2) is 18.2 Å². The van der Waals surface area contributed by atoms with Gasteiger partial charge in [0.25, 0.3) is 0 Å². The molecule has 5 nitrogen and oxygen atoms in total. The summed E-state index contributed by atoms with van der Waals surface area (Å²) < 4.78 is 10.7. The zero-order valence-corrected chi connectivity index (χ0v) is 12.9. The second-order valence-electron chi connectivity index (χ2n) is 6.01. The number of hydrogen-bond donors (Lipinski definition) is 3. The van der Waals surface area contributed by atoms with Gasteiger partial charge >= 0.3 is 0 Å². The Labute approximate surface area is 126 Å². The summed E-state index contributed by atoms with van der Waals surface area (Å²) in [6.45, 7) is 5.27. The van der Waals surface area contributed by atoms with E-state index >= 15 is 0 Å². The molecule has 0 spiro atoms. The van der Waals surface area contributed by atoms with Crippen LogP contribution in [0.2, 0.25) is 0 Å². The van der Waals surface area contributed by atoms with Crippen LogP contribution in [-0.2, 0) is 6.42 Å². The molecule has 2 unspecified atom stereocenters. The van der Waals surface area contributed by atoms with Crippen LogP contribution in [-0.4, -0.2) is 36.6 Å². The molecule has 1 aliphatic heterocycles. The lowest BCUT2D eigenvalue weighted by molar-refractivity contribution is 0.174. The van der Waals surface area contributed by atoms with E-state index in [1.54, 1.807) is 0 Å². The Morgan fingerprint density at radius 3 is 2.86 bits per heavy atom. The van der Waals surface area contributed by atoms with Crippen LogP contribution in [0.25, 0.3) is 0 Å². The predicted molar refractivity (Wildman–Crippen MR) is 82.6 cm³/mol. The molecule has 0 bridgehead atoms. The first-order valence-electron chi connectivity index (χ1n) is 7.53. The van der Waals surface area contributed by atoms with Crippen LogP contribution >= 0.6 is 0 Å². The number of ether oxygens (including phenoxy) is 2. The van der Waals surface area contributed by atoms with Crippen LogP contribution < -0.4 is 20.5 Å². The maximum absolute atomic E-state index is 9.01. The summed E-state index contributed by atoms with van der Waals surface area (Å²) in [5.74, 6) is 1.64. The average molecular weight is 294 g/mol. The lowest BCUT2D eigenvalue weighted by atomic mass is 9.92. The fourth-order valence-corrected chi connectivity index (χ4v) is 2.61. The number of hydrogen-bond acceptors (Lipinski definition) is 5. The zero-order valence-electron chi connectivity index (χ0n) is 12.9. The normalized spacial score (nSPS) is 17.5. The Bertz CT molecular complexity index is 467. The van der Waals surface area contributed by atoms with E-state index in [1.807, 2.05) is 12.1 Å². The zero-order chi connectivity index (χ0) is 15.3. The first-order chi connectivity index (χ1) is 10.1. The van der Waals surface area contributed by atoms with Crippen molar-refractivity contribution in [2.75, 3.05) is 19.9 Å². The third-order valence-electron chi connectivity index (χ3n) is 4.01. The van der Waals surface area contributed by atoms with Crippen molar-refractivity contribution >= 4 is 0 Å². The number of nitrogens with one attached hydrogen (secondary N) is 1. The van der Waals surface area contributed by atoms with Gasteiger partial charge in [0.1, 0.15) is 0 Å². The average Bonchev–Trinajstić information content (AvgIpc) is 2.93. The van der Waals surface area contributed by atoms with Gasteiger partial charge in [-0.25, -0.2) is 0 Å². The van der Waals surface area contributed by atoms with E-state index in [9.17, 15) is 0 Å². The molecule has 5 heteroatoms. The van der Waals surface area contributed by atoms with Crippen molar-refractivity contribution in [1.29, 1.82) is 0 Å². The Morgan fingerprint density at radius 2 is 2.14 bits per heavy atom. The summed E-state index contributed by atoms with van der Waals surface area (Å²) in [7, 11) is 0. The number of aliphatic hydroxyl groups is 1. The highest BCUT2D eigenvalue weighted by atomic mass is 16.7. The van der Waals surface area contributed by atoms with Gasteiger partial charge in [-0.1, -0.05) is 6.07 Å². The SMILES string of the molecule is CC(CCO)NC(C)(CN)CCc1ccc2c(c1)OCO2. The number of nitrogens with two attached hydrogens (primary N) is 1. The maximum atomic E-state index is 9.01. The van der Waals surface area contributed by atoms with Crippen molar-refractivity contribution < 1.29 is 14.6 Å². The number of aryl methyl sites for hydroxylation is 1. The van der Waals surface area contributed by atoms with E-state index in [0.717, 1.165) is 30.8 Å². The summed E-state index contributed by atoms with van der Waals surface area (Å²) in [5, 5.41) is 12.5. The first kappa shape index (κ1) is 16.1. The number of benzene rings is 1. The van der Waals surface area contributed by atoms with Gasteiger partial charge in [-0.2, -0.15) is 0 Å². The van der Waals surface area contributed by atoms with Gasteiger partial charge in [-0.05, 0) is 50.8 Å². The topological polar surface area (TPSA) is 76.7 Å². The largest absolute Gasteiger partial charge is 0.454 e. The van der Waals surface area contributed by atoms with Gasteiger partial charge < -0.3 is 25.6 Å². The quantitative estimate of drug-likeness (QED) is 0.676. The smallest absolute Gasteiger partial charge is 0.231 e. The molecule has 1 heterocycles. The fraction of sp³-hybridized carbons (Fsp3) is 0.625. The molecule has 21 heavy (non-hydrogen) atoms. The standard InChI is InChI=1S/C16H26N2O3/c1-12(6-8-19)18-16(2,10-17)7-5-13-3-4-14-15(9-13)21-11-20-14/h3-4,9,12,18-19H,5-8,10-11,17H2,1-2H3. The van der Waals surface area contributed by atoms with Gasteiger partial charge in [0, 0.05) is 24.7 Å². The van der Waals surface area contributed by atoms with Crippen LogP contribution in [0.1, 0.15) is 32.3 Å². The molecule has 2 rings (SSSR count). The monoisotopic (exact) mass is 294 g/mol. The second-order valence-corrected chi connectivity index (χ2v) is 6.01. The Balaban J connectivity index is 1.93. The van der Waals surface area contributed by atoms with Crippen LogP contribution in [0, 0.1) is 0 Å². The first-order valence-corrected chi connectivity index (χ1v) is 7.53. The summed E-state index contributed by atoms with van der Waals surface area (Å²) in [6.07, 6.45) is 2.59. The van der Waals surface area contributed by atoms with Gasteiger partial charge in [-0.15, -0.1) is 0 Å². The molecule has 0 fully saturated rings. The number of fused-ring (bicyclic) bond motifs is 1. The van der Waals surface area contributed by atoms with Crippen molar-refractivity contribution in [3.05, 3.63) is 23.8 Å². The van der Waals surface area contributed by atoms with E-state index < -0.39 is 0 Å². The molecule has 0 amide bonds. The summed E-state index contributed by atoms with van der Waals surface area (Å²) in [5.41, 5.74) is 7.02. The van der Waals surface area contributed by atoms with E-state index in [-0.39, 0.29) is 18.2 Å². The minimum absolute atomic E-state index is 0.134. The molecule has 0 aliphatic carbocycles. The predicted octanol–water partition coefficient (Wildman–Crippen LogP) is 1.43. The molecule has 1 aromatic rings. The number of rotatable bonds is 8. The molecular weight excluding hydrogens is 268 g/mol. The van der Waals surface area contributed by atoms with E-state index in [1.165, 1.54) is 5.56 Å². The highest BCUT2D eigenvalue weighted by molar-refractivity contribution is 5.44. The Morgan fingerprint density at radius 1 is 1.38 bits per heavy atom. The van der Waals surface area contributed by atoms with Crippen LogP contribution in [0.4, 0.5) is 0 Å². The lowest BCUT2D eigenvalue weighted by Crippen LogP contribution is -2.52. The third kappa shape index (κ3) is 4.33. The molecular formula is C16H26N2O3. The summed E-state index contributed by atoms with van der Waals surface area (Å²) in [4.78, 5) is 0. The van der Waals surface area contributed by atoms with Crippen molar-refractivity contribution in [1.82, 2.24) is 5.32 Å². The van der Waals surface area contributed by atoms with Crippen molar-refractivity contribution in [3.63, 3.8) is 0 Å². The second kappa shape index (κ2) is 7.11. The van der Waals surface area contributed by atoms with E-state index in [2.05, 4.69) is 25.2 Å². The van der Waals surface area contributed by atoms with Crippen molar-refractivity contribution in [2.45, 2.75) is 44.7 Å². The highest BCUT2D eigenvalue weighted by Gasteiger charge is 2.24. The molecule has 0 radical (unpaired) electrons. The summed E-state index contributed by atoms with van der Waals surface area (Å²) >= 11 is 0. The van der Waals surface area contributed by atoms with Crippen LogP contribution in [0.5, 0.6) is 11.5 Å². The van der Waals surface area contributed by atoms with Gasteiger partial charge in [0.15, 0.2) is 11.5 Å². The fourth-order valence-electron chi connectivity index (χ4n) is 2.61. The molecule has 2 atom stereocenters. The van der Waals surface area contributed by atoms with Gasteiger partial charge in [-0.3, -0.25) is 0 Å². The highest BCUT2D eigenvalue weighted by Crippen LogP contribution is 2.33. The molecule has 0 aromatic heterocycles. The molecule has 0 saturated heterocycles. The summed E-state index contributed by atoms with van der Waals surface area (Å²) in [6, 6.07) is 6.32. The minimum atomic E-state index is -0.134. The van der Waals surface area contributed by atoms with Gasteiger partial charge in [0.2, 0.25) is 6.79 Å². The third-order valence-corrected chi connectivity index (χ3v) is 4.01. The molecule has 0 saturated carbocycles. The Hall–Kier alpha value is -1.30. The lowest BCUT2D eigenvalue weighted by Gasteiger charge is -2.33. The minimum Gasteiger partial charge on any atom is -0.454 e. The van der Waals surface area contributed by atoms with E-state index in [4.69, 9.17) is 20.3 Å². The molecule has 118 valence electrons. The van der Waals surface area contributed by atoms with Crippen LogP contribution in [0.3, 0.4) is 0 Å². The molecule has 1 aromatic carbocycles.